The number of ether oxygens (including phenoxy) is 1. The number of aromatic amines is 1. The number of piperazine rings is 1. The predicted molar refractivity (Wildman–Crippen MR) is 131 cm³/mol. The number of fused-ring (bicyclic) bond motifs is 1. The molecule has 3 amide bonds. The van der Waals surface area contributed by atoms with E-state index < -0.39 is 30.2 Å². The molecule has 36 heavy (non-hydrogen) atoms. The van der Waals surface area contributed by atoms with E-state index >= 15 is 0 Å². The van der Waals surface area contributed by atoms with E-state index in [0.717, 1.165) is 0 Å². The minimum absolute atomic E-state index is 0.110. The van der Waals surface area contributed by atoms with Gasteiger partial charge in [0.25, 0.3) is 23.5 Å². The highest BCUT2D eigenvalue weighted by molar-refractivity contribution is 6.45. The number of benzene rings is 2. The molecule has 1 aromatic heterocycles. The number of para-hydroxylation sites is 1. The van der Waals surface area contributed by atoms with E-state index in [-0.39, 0.29) is 24.1 Å². The molecule has 4 rings (SSSR count). The lowest BCUT2D eigenvalue weighted by Crippen LogP contribution is -2.56. The molecular formula is C26H26N4O6. The van der Waals surface area contributed by atoms with Crippen molar-refractivity contribution in [2.24, 2.45) is 0 Å². The Kier molecular flexibility index (Phi) is 7.14. The molecule has 10 heteroatoms. The molecule has 1 unspecified atom stereocenters. The van der Waals surface area contributed by atoms with Gasteiger partial charge in [0.2, 0.25) is 0 Å². The van der Waals surface area contributed by atoms with Gasteiger partial charge in [0.1, 0.15) is 0 Å². The summed E-state index contributed by atoms with van der Waals surface area (Å²) >= 11 is 0. The van der Waals surface area contributed by atoms with Crippen LogP contribution >= 0.6 is 0 Å². The first-order chi connectivity index (χ1) is 17.3. The van der Waals surface area contributed by atoms with Crippen LogP contribution in [0.25, 0.3) is 10.9 Å². The fourth-order valence-corrected chi connectivity index (χ4v) is 4.25. The quantitative estimate of drug-likeness (QED) is 0.310. The van der Waals surface area contributed by atoms with Crippen LogP contribution in [0.1, 0.15) is 34.6 Å². The van der Waals surface area contributed by atoms with Crippen LogP contribution in [0.15, 0.2) is 54.7 Å². The summed E-state index contributed by atoms with van der Waals surface area (Å²) in [5.41, 5.74) is 1.62. The smallest absolute Gasteiger partial charge is 0.303 e. The number of hydrogen-bond acceptors (Lipinski definition) is 6. The van der Waals surface area contributed by atoms with E-state index in [2.05, 4.69) is 10.3 Å². The number of aromatic nitrogens is 1. The van der Waals surface area contributed by atoms with E-state index in [9.17, 15) is 24.0 Å². The number of nitrogens with zero attached hydrogens (tertiary/aromatic N) is 2. The summed E-state index contributed by atoms with van der Waals surface area (Å²) in [6, 6.07) is 13.5. The van der Waals surface area contributed by atoms with Crippen LogP contribution in [0.3, 0.4) is 0 Å². The maximum Gasteiger partial charge on any atom is 0.303 e. The van der Waals surface area contributed by atoms with Gasteiger partial charge in [-0.1, -0.05) is 30.3 Å². The first kappa shape index (κ1) is 24.6. The third-order valence-corrected chi connectivity index (χ3v) is 6.03. The summed E-state index contributed by atoms with van der Waals surface area (Å²) in [5.74, 6) is -2.55. The van der Waals surface area contributed by atoms with Gasteiger partial charge < -0.3 is 24.8 Å². The highest BCUT2D eigenvalue weighted by atomic mass is 16.5. The van der Waals surface area contributed by atoms with Crippen molar-refractivity contribution in [3.05, 3.63) is 65.9 Å². The Balaban J connectivity index is 1.46. The van der Waals surface area contributed by atoms with Crippen molar-refractivity contribution in [3.8, 4) is 0 Å². The summed E-state index contributed by atoms with van der Waals surface area (Å²) in [6.45, 7) is 3.46. The molecule has 1 saturated heterocycles. The molecule has 186 valence electrons. The van der Waals surface area contributed by atoms with Gasteiger partial charge in [0.05, 0.1) is 16.8 Å². The Labute approximate surface area is 207 Å². The minimum atomic E-state index is -0.681. The Morgan fingerprint density at radius 2 is 1.78 bits per heavy atom. The van der Waals surface area contributed by atoms with E-state index in [1.165, 1.54) is 18.0 Å². The minimum Gasteiger partial charge on any atom is -0.456 e. The second-order valence-corrected chi connectivity index (χ2v) is 8.55. The molecule has 0 bridgehead atoms. The van der Waals surface area contributed by atoms with Crippen LogP contribution in [0.5, 0.6) is 0 Å². The highest BCUT2D eigenvalue weighted by Gasteiger charge is 2.34. The molecule has 3 aromatic rings. The zero-order valence-corrected chi connectivity index (χ0v) is 19.9. The van der Waals surface area contributed by atoms with Gasteiger partial charge >= 0.3 is 5.97 Å². The highest BCUT2D eigenvalue weighted by Crippen LogP contribution is 2.27. The summed E-state index contributed by atoms with van der Waals surface area (Å²) < 4.78 is 4.70. The molecule has 0 saturated carbocycles. The molecule has 2 heterocycles. The maximum absolute atomic E-state index is 13.2. The van der Waals surface area contributed by atoms with Crippen molar-refractivity contribution in [2.75, 3.05) is 31.6 Å². The third-order valence-electron chi connectivity index (χ3n) is 6.03. The zero-order chi connectivity index (χ0) is 25.8. The van der Waals surface area contributed by atoms with Crippen molar-refractivity contribution >= 4 is 46.1 Å². The van der Waals surface area contributed by atoms with Gasteiger partial charge in [0, 0.05) is 49.7 Å². The normalized spacial score (nSPS) is 15.4. The molecule has 1 atom stereocenters. The van der Waals surface area contributed by atoms with Crippen molar-refractivity contribution in [1.29, 1.82) is 0 Å². The number of hydrogen-bond donors (Lipinski definition) is 2. The van der Waals surface area contributed by atoms with Crippen molar-refractivity contribution in [3.63, 3.8) is 0 Å². The largest absolute Gasteiger partial charge is 0.456 e. The van der Waals surface area contributed by atoms with Crippen LogP contribution in [0.4, 0.5) is 5.69 Å². The van der Waals surface area contributed by atoms with Crippen LogP contribution in [0.2, 0.25) is 0 Å². The number of H-pyrrole nitrogens is 1. The molecule has 10 nitrogen and oxygen atoms in total. The first-order valence-corrected chi connectivity index (χ1v) is 11.5. The molecule has 2 N–H and O–H groups in total. The number of amides is 3. The Morgan fingerprint density at radius 3 is 2.47 bits per heavy atom. The van der Waals surface area contributed by atoms with E-state index in [0.29, 0.717) is 35.2 Å². The van der Waals surface area contributed by atoms with E-state index in [1.54, 1.807) is 47.4 Å². The lowest BCUT2D eigenvalue weighted by Gasteiger charge is -2.39. The molecule has 1 aliphatic rings. The average Bonchev–Trinajstić information content (AvgIpc) is 3.32. The topological polar surface area (TPSA) is 129 Å². The van der Waals surface area contributed by atoms with Crippen molar-refractivity contribution in [1.82, 2.24) is 14.8 Å². The van der Waals surface area contributed by atoms with E-state index in [4.69, 9.17) is 4.74 Å². The van der Waals surface area contributed by atoms with Gasteiger partial charge in [-0.15, -0.1) is 0 Å². The van der Waals surface area contributed by atoms with Crippen LogP contribution < -0.4 is 5.32 Å². The molecule has 0 aliphatic carbocycles. The maximum atomic E-state index is 13.2. The fraction of sp³-hybridized carbons (Fsp3) is 0.269. The van der Waals surface area contributed by atoms with Crippen molar-refractivity contribution < 1.29 is 28.7 Å². The Hall–Kier alpha value is -4.47. The SMILES string of the molecule is CC(=O)OCC(=O)Nc1cccc2c(C(=O)C(=O)N3CCN(C(=O)c4ccccc4)CC3C)c[nH]c12. The number of carbonyl (C=O) groups excluding carboxylic acids is 5. The van der Waals surface area contributed by atoms with Gasteiger partial charge in [-0.3, -0.25) is 24.0 Å². The number of anilines is 1. The lowest BCUT2D eigenvalue weighted by molar-refractivity contribution is -0.144. The van der Waals surface area contributed by atoms with Gasteiger partial charge in [-0.25, -0.2) is 0 Å². The average molecular weight is 491 g/mol. The van der Waals surface area contributed by atoms with Crippen LogP contribution in [-0.4, -0.2) is 76.5 Å². The zero-order valence-electron chi connectivity index (χ0n) is 19.9. The third kappa shape index (κ3) is 5.12. The summed E-state index contributed by atoms with van der Waals surface area (Å²) in [6.07, 6.45) is 1.44. The number of rotatable bonds is 6. The lowest BCUT2D eigenvalue weighted by atomic mass is 10.1. The van der Waals surface area contributed by atoms with Gasteiger partial charge in [0.15, 0.2) is 6.61 Å². The van der Waals surface area contributed by atoms with Crippen LogP contribution in [-0.2, 0) is 19.1 Å². The number of ketones is 1. The molecule has 0 radical (unpaired) electrons. The number of nitrogens with one attached hydrogen (secondary N) is 2. The molecule has 0 spiro atoms. The van der Waals surface area contributed by atoms with E-state index in [1.807, 2.05) is 13.0 Å². The number of Topliss-reactive ketones (excluding diaryl/α,β-unsaturated/α-hetero) is 1. The molecule has 1 aliphatic heterocycles. The fourth-order valence-electron chi connectivity index (χ4n) is 4.25. The molecular weight excluding hydrogens is 464 g/mol. The second-order valence-electron chi connectivity index (χ2n) is 8.55. The monoisotopic (exact) mass is 490 g/mol. The molecule has 2 aromatic carbocycles. The van der Waals surface area contributed by atoms with Crippen LogP contribution in [0, 0.1) is 0 Å². The summed E-state index contributed by atoms with van der Waals surface area (Å²) in [7, 11) is 0. The second kappa shape index (κ2) is 10.4. The first-order valence-electron chi connectivity index (χ1n) is 11.5. The molecule has 1 fully saturated rings. The predicted octanol–water partition coefficient (Wildman–Crippen LogP) is 2.23. The summed E-state index contributed by atoms with van der Waals surface area (Å²) in [4.78, 5) is 68.2. The van der Waals surface area contributed by atoms with Gasteiger partial charge in [-0.05, 0) is 25.1 Å². The Bertz CT molecular complexity index is 1330. The Morgan fingerprint density at radius 1 is 1.03 bits per heavy atom. The summed E-state index contributed by atoms with van der Waals surface area (Å²) in [5, 5.41) is 3.11. The van der Waals surface area contributed by atoms with Crippen molar-refractivity contribution in [2.45, 2.75) is 19.9 Å². The number of carbonyl (C=O) groups is 5. The van der Waals surface area contributed by atoms with Gasteiger partial charge in [-0.2, -0.15) is 0 Å². The number of esters is 1. The standard InChI is InChI=1S/C26H26N4O6/c1-16-14-29(25(34)18-7-4-3-5-8-18)11-12-30(16)26(35)24(33)20-13-27-23-19(20)9-6-10-21(23)28-22(32)15-36-17(2)31/h3-10,13,16,27H,11-12,14-15H2,1-2H3,(H,28,32).